The maximum absolute atomic E-state index is 13.1. The Bertz CT molecular complexity index is 1220. The Morgan fingerprint density at radius 2 is 1.76 bits per heavy atom. The molecule has 0 atom stereocenters. The lowest BCUT2D eigenvalue weighted by Gasteiger charge is -2.11. The van der Waals surface area contributed by atoms with Gasteiger partial charge >= 0.3 is 5.97 Å². The van der Waals surface area contributed by atoms with Crippen LogP contribution in [-0.4, -0.2) is 25.6 Å². The van der Waals surface area contributed by atoms with Gasteiger partial charge in [-0.2, -0.15) is 0 Å². The van der Waals surface area contributed by atoms with Gasteiger partial charge in [-0.25, -0.2) is 14.2 Å². The minimum absolute atomic E-state index is 0.165. The van der Waals surface area contributed by atoms with Gasteiger partial charge in [-0.15, -0.1) is 0 Å². The van der Waals surface area contributed by atoms with Crippen molar-refractivity contribution in [2.75, 3.05) is 13.7 Å². The topological polar surface area (TPSA) is 66.3 Å². The van der Waals surface area contributed by atoms with E-state index in [2.05, 4.69) is 4.99 Å². The first-order chi connectivity index (χ1) is 16.1. The highest BCUT2D eigenvalue weighted by molar-refractivity contribution is 6.13. The second-order valence-corrected chi connectivity index (χ2v) is 7.09. The van der Waals surface area contributed by atoms with Gasteiger partial charge in [-0.1, -0.05) is 30.3 Å². The molecule has 0 saturated heterocycles. The first-order valence-electron chi connectivity index (χ1n) is 10.4. The van der Waals surface area contributed by atoms with Gasteiger partial charge in [0.15, 0.2) is 17.2 Å². The number of hydrogen-bond acceptors (Lipinski definition) is 6. The largest absolute Gasteiger partial charge is 0.493 e. The number of ether oxygens (including phenoxy) is 4. The average Bonchev–Trinajstić information content (AvgIpc) is 3.19. The molecule has 0 N–H and O–H groups in total. The lowest BCUT2D eigenvalue weighted by atomic mass is 10.1. The van der Waals surface area contributed by atoms with Crippen molar-refractivity contribution < 1.29 is 28.1 Å². The van der Waals surface area contributed by atoms with Crippen LogP contribution in [-0.2, 0) is 16.1 Å². The molecule has 1 aliphatic heterocycles. The van der Waals surface area contributed by atoms with Crippen LogP contribution in [0.2, 0.25) is 0 Å². The monoisotopic (exact) mass is 447 g/mol. The molecule has 3 aromatic carbocycles. The summed E-state index contributed by atoms with van der Waals surface area (Å²) in [5, 5.41) is 0. The summed E-state index contributed by atoms with van der Waals surface area (Å²) in [7, 11) is 1.53. The Morgan fingerprint density at radius 1 is 0.970 bits per heavy atom. The molecule has 0 spiro atoms. The van der Waals surface area contributed by atoms with Crippen molar-refractivity contribution in [1.29, 1.82) is 0 Å². The zero-order valence-electron chi connectivity index (χ0n) is 18.2. The minimum atomic E-state index is -0.549. The van der Waals surface area contributed by atoms with Crippen molar-refractivity contribution in [3.8, 4) is 17.2 Å². The van der Waals surface area contributed by atoms with E-state index >= 15 is 0 Å². The summed E-state index contributed by atoms with van der Waals surface area (Å²) in [4.78, 5) is 16.8. The summed E-state index contributed by atoms with van der Waals surface area (Å²) in [5.74, 6) is 0.952. The number of rotatable bonds is 8. The van der Waals surface area contributed by atoms with Gasteiger partial charge in [-0.3, -0.25) is 0 Å². The number of cyclic esters (lactones) is 1. The van der Waals surface area contributed by atoms with Crippen LogP contribution in [0.5, 0.6) is 17.2 Å². The molecule has 33 heavy (non-hydrogen) atoms. The zero-order chi connectivity index (χ0) is 23.2. The molecule has 6 nitrogen and oxygen atoms in total. The van der Waals surface area contributed by atoms with Gasteiger partial charge in [0, 0.05) is 0 Å². The van der Waals surface area contributed by atoms with Gasteiger partial charge in [0.05, 0.1) is 19.3 Å². The van der Waals surface area contributed by atoms with Gasteiger partial charge in [0.25, 0.3) is 0 Å². The zero-order valence-corrected chi connectivity index (χ0v) is 18.2. The highest BCUT2D eigenvalue weighted by atomic mass is 19.1. The molecule has 3 aromatic rings. The summed E-state index contributed by atoms with van der Waals surface area (Å²) in [6.45, 7) is 2.62. The molecule has 0 fully saturated rings. The molecule has 1 aliphatic rings. The van der Waals surface area contributed by atoms with Crippen molar-refractivity contribution in [3.63, 3.8) is 0 Å². The van der Waals surface area contributed by atoms with Crippen LogP contribution in [0, 0.1) is 5.82 Å². The molecule has 0 unspecified atom stereocenters. The summed E-state index contributed by atoms with van der Waals surface area (Å²) in [5.41, 5.74) is 2.29. The maximum Gasteiger partial charge on any atom is 0.363 e. The van der Waals surface area contributed by atoms with Crippen LogP contribution in [0.15, 0.2) is 77.4 Å². The predicted molar refractivity (Wildman–Crippen MR) is 122 cm³/mol. The average molecular weight is 447 g/mol. The molecule has 4 rings (SSSR count). The number of methoxy groups -OCH3 is 1. The van der Waals surface area contributed by atoms with E-state index in [9.17, 15) is 9.18 Å². The Labute approximate surface area is 190 Å². The standard InChI is InChI=1S/C26H22FNO5/c1-3-31-22-7-5-4-6-20(22)25-28-21(26(29)33-25)14-18-10-13-23(24(15-18)30-2)32-16-17-8-11-19(27)12-9-17/h4-15H,3,16H2,1-2H3/b21-14-. The van der Waals surface area contributed by atoms with E-state index < -0.39 is 5.97 Å². The van der Waals surface area contributed by atoms with Crippen molar-refractivity contribution >= 4 is 17.9 Å². The van der Waals surface area contributed by atoms with Crippen molar-refractivity contribution in [3.05, 3.63) is 94.9 Å². The van der Waals surface area contributed by atoms with Crippen molar-refractivity contribution in [2.24, 2.45) is 4.99 Å². The Hall–Kier alpha value is -4.13. The second kappa shape index (κ2) is 9.99. The quantitative estimate of drug-likeness (QED) is 0.353. The number of halogens is 1. The van der Waals surface area contributed by atoms with Crippen LogP contribution in [0.3, 0.4) is 0 Å². The molecule has 7 heteroatoms. The summed E-state index contributed by atoms with van der Waals surface area (Å²) >= 11 is 0. The van der Waals surface area contributed by atoms with E-state index in [0.29, 0.717) is 35.0 Å². The molecular weight excluding hydrogens is 425 g/mol. The van der Waals surface area contributed by atoms with E-state index in [4.69, 9.17) is 18.9 Å². The minimum Gasteiger partial charge on any atom is -0.493 e. The first-order valence-corrected chi connectivity index (χ1v) is 10.4. The molecule has 0 radical (unpaired) electrons. The Morgan fingerprint density at radius 3 is 2.52 bits per heavy atom. The fraction of sp³-hybridized carbons (Fsp3) is 0.154. The number of esters is 1. The van der Waals surface area contributed by atoms with E-state index in [-0.39, 0.29) is 24.0 Å². The fourth-order valence-electron chi connectivity index (χ4n) is 3.24. The smallest absolute Gasteiger partial charge is 0.363 e. The third kappa shape index (κ3) is 5.20. The molecule has 0 aliphatic carbocycles. The van der Waals surface area contributed by atoms with Gasteiger partial charge < -0.3 is 18.9 Å². The van der Waals surface area contributed by atoms with Crippen LogP contribution in [0.1, 0.15) is 23.6 Å². The SMILES string of the molecule is CCOc1ccccc1C1=N/C(=C\c2ccc(OCc3ccc(F)cc3)c(OC)c2)C(=O)O1. The molecule has 1 heterocycles. The fourth-order valence-corrected chi connectivity index (χ4v) is 3.24. The summed E-state index contributed by atoms with van der Waals surface area (Å²) in [6.07, 6.45) is 1.62. The maximum atomic E-state index is 13.1. The molecule has 168 valence electrons. The molecule has 0 saturated carbocycles. The van der Waals surface area contributed by atoms with Crippen LogP contribution in [0.25, 0.3) is 6.08 Å². The lowest BCUT2D eigenvalue weighted by molar-refractivity contribution is -0.129. The van der Waals surface area contributed by atoms with Gasteiger partial charge in [-0.05, 0) is 60.5 Å². The summed E-state index contributed by atoms with van der Waals surface area (Å²) < 4.78 is 35.3. The first kappa shape index (κ1) is 22.1. The molecular formula is C26H22FNO5. The number of para-hydroxylation sites is 1. The molecule has 0 amide bonds. The predicted octanol–water partition coefficient (Wildman–Crippen LogP) is 5.16. The van der Waals surface area contributed by atoms with E-state index in [1.807, 2.05) is 19.1 Å². The Balaban J connectivity index is 1.54. The Kier molecular flexibility index (Phi) is 6.69. The number of aliphatic imine (C=N–C) groups is 1. The van der Waals surface area contributed by atoms with Crippen molar-refractivity contribution in [1.82, 2.24) is 0 Å². The highest BCUT2D eigenvalue weighted by Crippen LogP contribution is 2.31. The van der Waals surface area contributed by atoms with Crippen LogP contribution in [0.4, 0.5) is 4.39 Å². The third-order valence-corrected chi connectivity index (χ3v) is 4.84. The number of hydrogen-bond donors (Lipinski definition) is 0. The normalized spacial score (nSPS) is 14.1. The third-order valence-electron chi connectivity index (χ3n) is 4.84. The molecule has 0 bridgehead atoms. The van der Waals surface area contributed by atoms with Crippen LogP contribution < -0.4 is 14.2 Å². The van der Waals surface area contributed by atoms with Gasteiger partial charge in [0.1, 0.15) is 18.2 Å². The van der Waals surface area contributed by atoms with E-state index in [0.717, 1.165) is 5.56 Å². The van der Waals surface area contributed by atoms with Gasteiger partial charge in [0.2, 0.25) is 5.90 Å². The molecule has 0 aromatic heterocycles. The van der Waals surface area contributed by atoms with E-state index in [1.165, 1.54) is 19.2 Å². The number of benzene rings is 3. The summed E-state index contributed by atoms with van der Waals surface area (Å²) in [6, 6.07) is 18.6. The number of carbonyl (C=O) groups is 1. The highest BCUT2D eigenvalue weighted by Gasteiger charge is 2.26. The van der Waals surface area contributed by atoms with E-state index in [1.54, 1.807) is 48.5 Å². The lowest BCUT2D eigenvalue weighted by Crippen LogP contribution is -2.07. The second-order valence-electron chi connectivity index (χ2n) is 7.09. The van der Waals surface area contributed by atoms with Crippen LogP contribution >= 0.6 is 0 Å². The number of nitrogens with zero attached hydrogens (tertiary/aromatic N) is 1. The van der Waals surface area contributed by atoms with Crippen molar-refractivity contribution in [2.45, 2.75) is 13.5 Å². The number of carbonyl (C=O) groups excluding carboxylic acids is 1.